The van der Waals surface area contributed by atoms with Gasteiger partial charge in [-0.25, -0.2) is 0 Å². The smallest absolute Gasteiger partial charge is 0.254 e. The number of benzene rings is 1. The molecule has 0 fully saturated rings. The summed E-state index contributed by atoms with van der Waals surface area (Å²) in [5.74, 6) is 0.0240. The Morgan fingerprint density at radius 3 is 2.73 bits per heavy atom. The van der Waals surface area contributed by atoms with Gasteiger partial charge >= 0.3 is 0 Å². The minimum absolute atomic E-state index is 0.0240. The first-order valence-corrected chi connectivity index (χ1v) is 5.66. The minimum atomic E-state index is 0.0240. The predicted octanol–water partition coefficient (Wildman–Crippen LogP) is 1.87. The maximum Gasteiger partial charge on any atom is 0.254 e. The van der Waals surface area contributed by atoms with Gasteiger partial charge in [-0.2, -0.15) is 0 Å². The van der Waals surface area contributed by atoms with Gasteiger partial charge in [0.15, 0.2) is 0 Å². The maximum absolute atomic E-state index is 11.9. The van der Waals surface area contributed by atoms with E-state index >= 15 is 0 Å². The molecule has 1 amide bonds. The molecule has 0 aliphatic rings. The van der Waals surface area contributed by atoms with Crippen LogP contribution in [0.5, 0.6) is 0 Å². The van der Waals surface area contributed by atoms with Crippen molar-refractivity contribution in [1.29, 1.82) is 0 Å². The van der Waals surface area contributed by atoms with Crippen molar-refractivity contribution in [2.45, 2.75) is 6.42 Å². The lowest BCUT2D eigenvalue weighted by molar-refractivity contribution is 0.0793. The maximum atomic E-state index is 11.9. The summed E-state index contributed by atoms with van der Waals surface area (Å²) >= 11 is 3.36. The van der Waals surface area contributed by atoms with Gasteiger partial charge in [-0.1, -0.05) is 12.1 Å². The first kappa shape index (κ1) is 12.2. The van der Waals surface area contributed by atoms with Crippen molar-refractivity contribution >= 4 is 21.8 Å². The molecule has 0 heterocycles. The van der Waals surface area contributed by atoms with Crippen LogP contribution in [-0.4, -0.2) is 30.9 Å². The van der Waals surface area contributed by atoms with Gasteiger partial charge < -0.3 is 10.6 Å². The van der Waals surface area contributed by atoms with E-state index in [-0.39, 0.29) is 5.91 Å². The van der Waals surface area contributed by atoms with Crippen LogP contribution in [-0.2, 0) is 0 Å². The zero-order valence-electron chi connectivity index (χ0n) is 8.74. The zero-order chi connectivity index (χ0) is 11.3. The monoisotopic (exact) mass is 270 g/mol. The molecule has 0 radical (unpaired) electrons. The molecule has 0 atom stereocenters. The number of nitrogens with zero attached hydrogens (tertiary/aromatic N) is 1. The second-order valence-corrected chi connectivity index (χ2v) is 4.20. The molecule has 0 saturated carbocycles. The topological polar surface area (TPSA) is 46.3 Å². The van der Waals surface area contributed by atoms with Gasteiger partial charge in [0, 0.05) is 18.1 Å². The number of hydrogen-bond donors (Lipinski definition) is 1. The van der Waals surface area contributed by atoms with Gasteiger partial charge in [0.05, 0.1) is 5.56 Å². The van der Waals surface area contributed by atoms with E-state index in [1.54, 1.807) is 11.9 Å². The summed E-state index contributed by atoms with van der Waals surface area (Å²) in [5.41, 5.74) is 6.09. The Morgan fingerprint density at radius 1 is 1.47 bits per heavy atom. The molecule has 4 heteroatoms. The number of halogens is 1. The van der Waals surface area contributed by atoms with Crippen molar-refractivity contribution in [2.24, 2.45) is 5.73 Å². The van der Waals surface area contributed by atoms with E-state index in [4.69, 9.17) is 5.73 Å². The average Bonchev–Trinajstić information content (AvgIpc) is 2.25. The van der Waals surface area contributed by atoms with Gasteiger partial charge in [-0.3, -0.25) is 4.79 Å². The average molecular weight is 271 g/mol. The van der Waals surface area contributed by atoms with Crippen LogP contribution in [0.1, 0.15) is 16.8 Å². The molecular weight excluding hydrogens is 256 g/mol. The first-order valence-electron chi connectivity index (χ1n) is 4.87. The molecule has 0 bridgehead atoms. The van der Waals surface area contributed by atoms with Crippen molar-refractivity contribution in [2.75, 3.05) is 20.1 Å². The van der Waals surface area contributed by atoms with Gasteiger partial charge in [0.2, 0.25) is 0 Å². The third-order valence-electron chi connectivity index (χ3n) is 2.15. The SMILES string of the molecule is CN(CCCN)C(=O)c1ccccc1Br. The number of nitrogens with two attached hydrogens (primary N) is 1. The van der Waals surface area contributed by atoms with E-state index in [0.29, 0.717) is 18.7 Å². The third-order valence-corrected chi connectivity index (χ3v) is 2.84. The largest absolute Gasteiger partial charge is 0.342 e. The highest BCUT2D eigenvalue weighted by atomic mass is 79.9. The lowest BCUT2D eigenvalue weighted by Gasteiger charge is -2.17. The summed E-state index contributed by atoms with van der Waals surface area (Å²) in [4.78, 5) is 13.6. The highest BCUT2D eigenvalue weighted by molar-refractivity contribution is 9.10. The summed E-state index contributed by atoms with van der Waals surface area (Å²) < 4.78 is 0.828. The fraction of sp³-hybridized carbons (Fsp3) is 0.364. The van der Waals surface area contributed by atoms with Gasteiger partial charge in [-0.05, 0) is 41.0 Å². The Bertz CT molecular complexity index is 341. The summed E-state index contributed by atoms with van der Waals surface area (Å²) in [7, 11) is 1.79. The van der Waals surface area contributed by atoms with Gasteiger partial charge in [0.25, 0.3) is 5.91 Å². The molecule has 15 heavy (non-hydrogen) atoms. The van der Waals surface area contributed by atoms with E-state index in [1.165, 1.54) is 0 Å². The molecule has 0 aliphatic carbocycles. The van der Waals surface area contributed by atoms with E-state index in [2.05, 4.69) is 15.9 Å². The van der Waals surface area contributed by atoms with Crippen LogP contribution >= 0.6 is 15.9 Å². The second-order valence-electron chi connectivity index (χ2n) is 3.35. The minimum Gasteiger partial charge on any atom is -0.342 e. The van der Waals surface area contributed by atoms with Crippen LogP contribution in [0.2, 0.25) is 0 Å². The van der Waals surface area contributed by atoms with Crippen LogP contribution in [0.4, 0.5) is 0 Å². The number of rotatable bonds is 4. The number of carbonyl (C=O) groups excluding carboxylic acids is 1. The Hall–Kier alpha value is -0.870. The third kappa shape index (κ3) is 3.32. The molecule has 3 nitrogen and oxygen atoms in total. The van der Waals surface area contributed by atoms with Gasteiger partial charge in [0.1, 0.15) is 0 Å². The van der Waals surface area contributed by atoms with Crippen LogP contribution in [0, 0.1) is 0 Å². The lowest BCUT2D eigenvalue weighted by Crippen LogP contribution is -2.29. The van der Waals surface area contributed by atoms with Crippen LogP contribution in [0.25, 0.3) is 0 Å². The lowest BCUT2D eigenvalue weighted by atomic mass is 10.2. The normalized spacial score (nSPS) is 10.1. The fourth-order valence-electron chi connectivity index (χ4n) is 1.27. The highest BCUT2D eigenvalue weighted by Gasteiger charge is 2.13. The van der Waals surface area contributed by atoms with Crippen LogP contribution < -0.4 is 5.73 Å². The quantitative estimate of drug-likeness (QED) is 0.908. The molecular formula is C11H15BrN2O. The second kappa shape index (κ2) is 5.88. The Kier molecular flexibility index (Phi) is 4.78. The molecule has 1 aromatic rings. The highest BCUT2D eigenvalue weighted by Crippen LogP contribution is 2.17. The molecule has 0 aliphatic heterocycles. The molecule has 0 saturated heterocycles. The van der Waals surface area contributed by atoms with Crippen molar-refractivity contribution < 1.29 is 4.79 Å². The Morgan fingerprint density at radius 2 is 2.13 bits per heavy atom. The molecule has 82 valence electrons. The van der Waals surface area contributed by atoms with E-state index in [1.807, 2.05) is 24.3 Å². The first-order chi connectivity index (χ1) is 7.16. The van der Waals surface area contributed by atoms with Crippen LogP contribution in [0.3, 0.4) is 0 Å². The fourth-order valence-corrected chi connectivity index (χ4v) is 1.72. The van der Waals surface area contributed by atoms with E-state index < -0.39 is 0 Å². The Balaban J connectivity index is 2.72. The number of amides is 1. The summed E-state index contributed by atoms with van der Waals surface area (Å²) in [6, 6.07) is 7.42. The van der Waals surface area contributed by atoms with Crippen molar-refractivity contribution in [3.05, 3.63) is 34.3 Å². The van der Waals surface area contributed by atoms with E-state index in [0.717, 1.165) is 10.9 Å². The van der Waals surface area contributed by atoms with Gasteiger partial charge in [-0.15, -0.1) is 0 Å². The molecule has 1 rings (SSSR count). The summed E-state index contributed by atoms with van der Waals surface area (Å²) in [5, 5.41) is 0. The molecule has 1 aromatic carbocycles. The number of carbonyl (C=O) groups is 1. The summed E-state index contributed by atoms with van der Waals surface area (Å²) in [6.45, 7) is 1.30. The zero-order valence-corrected chi connectivity index (χ0v) is 10.3. The van der Waals surface area contributed by atoms with E-state index in [9.17, 15) is 4.79 Å². The summed E-state index contributed by atoms with van der Waals surface area (Å²) in [6.07, 6.45) is 0.826. The number of hydrogen-bond acceptors (Lipinski definition) is 2. The van der Waals surface area contributed by atoms with Crippen molar-refractivity contribution in [1.82, 2.24) is 4.90 Å². The Labute approximate surface area is 98.4 Å². The standard InChI is InChI=1S/C11H15BrN2O/c1-14(8-4-7-13)11(15)9-5-2-3-6-10(9)12/h2-3,5-6H,4,7-8,13H2,1H3. The molecule has 0 aromatic heterocycles. The van der Waals surface area contributed by atoms with Crippen LogP contribution in [0.15, 0.2) is 28.7 Å². The molecule has 2 N–H and O–H groups in total. The van der Waals surface area contributed by atoms with Crippen molar-refractivity contribution in [3.63, 3.8) is 0 Å². The predicted molar refractivity (Wildman–Crippen MR) is 64.8 cm³/mol. The molecule has 0 unspecified atom stereocenters. The molecule has 0 spiro atoms. The van der Waals surface area contributed by atoms with Crippen molar-refractivity contribution in [3.8, 4) is 0 Å².